The first kappa shape index (κ1) is 16.1. The molecule has 0 amide bonds. The topological polar surface area (TPSA) is 21.6 Å². The Kier molecular flexibility index (Phi) is 4.67. The van der Waals surface area contributed by atoms with Crippen molar-refractivity contribution in [1.82, 2.24) is 0 Å². The number of nitrogens with zero attached hydrogens (tertiary/aromatic N) is 1. The van der Waals surface area contributed by atoms with Crippen LogP contribution in [-0.4, -0.2) is 22.7 Å². The van der Waals surface area contributed by atoms with Crippen molar-refractivity contribution in [1.29, 1.82) is 0 Å². The van der Waals surface area contributed by atoms with Crippen molar-refractivity contribution in [2.75, 3.05) is 7.11 Å². The van der Waals surface area contributed by atoms with Crippen molar-refractivity contribution < 1.29 is 4.74 Å². The van der Waals surface area contributed by atoms with Crippen molar-refractivity contribution in [3.8, 4) is 5.75 Å². The third-order valence-corrected chi connectivity index (χ3v) is 9.01. The van der Waals surface area contributed by atoms with Gasteiger partial charge in [0.05, 0.1) is 0 Å². The molecule has 0 aliphatic carbocycles. The van der Waals surface area contributed by atoms with Crippen LogP contribution < -0.4 is 4.74 Å². The van der Waals surface area contributed by atoms with Gasteiger partial charge in [-0.1, -0.05) is 0 Å². The maximum absolute atomic E-state index is 6.62. The molecule has 2 aromatic carbocycles. The van der Waals surface area contributed by atoms with E-state index in [4.69, 9.17) is 29.9 Å². The van der Waals surface area contributed by atoms with Crippen LogP contribution in [-0.2, 0) is 0 Å². The third kappa shape index (κ3) is 3.12. The molecular formula is C16H12BrCl2NOSe. The van der Waals surface area contributed by atoms with Crippen LogP contribution >= 0.6 is 36.1 Å². The average molecular weight is 464 g/mol. The summed E-state index contributed by atoms with van der Waals surface area (Å²) in [5, 5.41) is 0. The Bertz CT molecular complexity index is 772. The fourth-order valence-corrected chi connectivity index (χ4v) is 7.19. The summed E-state index contributed by atoms with van der Waals surface area (Å²) in [5.41, 5.74) is 2.67. The molecule has 0 bridgehead atoms. The number of para-hydroxylation sites is 1. The summed E-state index contributed by atoms with van der Waals surface area (Å²) >= 11 is 0.454. The summed E-state index contributed by atoms with van der Waals surface area (Å²) in [6.45, 7) is 0. The van der Waals surface area contributed by atoms with Gasteiger partial charge < -0.3 is 0 Å². The number of methoxy groups -OCH3 is 1. The van der Waals surface area contributed by atoms with E-state index in [2.05, 4.69) is 15.9 Å². The van der Waals surface area contributed by atoms with Gasteiger partial charge in [-0.05, 0) is 0 Å². The van der Waals surface area contributed by atoms with Gasteiger partial charge in [-0.15, -0.1) is 0 Å². The van der Waals surface area contributed by atoms with Gasteiger partial charge in [-0.3, -0.25) is 0 Å². The van der Waals surface area contributed by atoms with Crippen LogP contribution in [0, 0.1) is 0 Å². The zero-order valence-corrected chi connectivity index (χ0v) is 16.4. The van der Waals surface area contributed by atoms with Gasteiger partial charge in [0.2, 0.25) is 0 Å². The van der Waals surface area contributed by atoms with E-state index in [0.717, 1.165) is 31.7 Å². The van der Waals surface area contributed by atoms with E-state index < -0.39 is 11.0 Å². The Morgan fingerprint density at radius 1 is 1.05 bits per heavy atom. The first-order valence-electron chi connectivity index (χ1n) is 6.43. The first-order chi connectivity index (χ1) is 10.5. The summed E-state index contributed by atoms with van der Waals surface area (Å²) in [6.07, 6.45) is 0. The van der Waals surface area contributed by atoms with E-state index in [-0.39, 0.29) is 0 Å². The predicted octanol–water partition coefficient (Wildman–Crippen LogP) is 5.30. The summed E-state index contributed by atoms with van der Waals surface area (Å²) in [6, 6.07) is 15.6. The van der Waals surface area contributed by atoms with E-state index >= 15 is 0 Å². The number of aliphatic imine (C=N–C) groups is 1. The molecule has 22 heavy (non-hydrogen) atoms. The van der Waals surface area contributed by atoms with E-state index in [0.29, 0.717) is 0 Å². The quantitative estimate of drug-likeness (QED) is 0.566. The monoisotopic (exact) mass is 463 g/mol. The van der Waals surface area contributed by atoms with Gasteiger partial charge in [0.25, 0.3) is 0 Å². The van der Waals surface area contributed by atoms with Gasteiger partial charge in [0.1, 0.15) is 0 Å². The molecule has 0 atom stereocenters. The standard InChI is InChI=1S/C16H12BrCl2NOSe/c1-21-15-5-3-2-4-13(15)16-20-14(10-22(16,18)19)11-6-8-12(17)9-7-11/h2-10H,1H3. The molecule has 0 radical (unpaired) electrons. The van der Waals surface area contributed by atoms with Crippen molar-refractivity contribution in [2.24, 2.45) is 4.99 Å². The Hall–Kier alpha value is -0.771. The second-order valence-corrected chi connectivity index (χ2v) is 14.9. The van der Waals surface area contributed by atoms with Crippen molar-refractivity contribution >= 4 is 57.5 Å². The summed E-state index contributed by atoms with van der Waals surface area (Å²) in [7, 11) is 14.9. The van der Waals surface area contributed by atoms with E-state index in [1.54, 1.807) is 7.11 Å². The SMILES string of the molecule is COc1ccccc1C1=NC(c2ccc(Br)cc2)=C[Se]1(Cl)Cl. The molecule has 2 nitrogen and oxygen atoms in total. The molecule has 2 aromatic rings. The van der Waals surface area contributed by atoms with Crippen LogP contribution in [0.5, 0.6) is 5.75 Å². The number of halogens is 3. The molecule has 1 aliphatic rings. The Labute approximate surface area is 148 Å². The van der Waals surface area contributed by atoms with E-state index in [9.17, 15) is 0 Å². The molecule has 0 unspecified atom stereocenters. The molecular weight excluding hydrogens is 452 g/mol. The molecule has 0 fully saturated rings. The molecule has 0 spiro atoms. The van der Waals surface area contributed by atoms with Gasteiger partial charge in [-0.25, -0.2) is 0 Å². The molecule has 0 saturated carbocycles. The van der Waals surface area contributed by atoms with Crippen molar-refractivity contribution in [3.63, 3.8) is 0 Å². The van der Waals surface area contributed by atoms with Gasteiger partial charge in [0, 0.05) is 0 Å². The summed E-state index contributed by atoms with van der Waals surface area (Å²) in [5.74, 6) is 0.731. The normalized spacial score (nSPS) is 17.6. The third-order valence-electron chi connectivity index (χ3n) is 3.22. The fraction of sp³-hybridized carbons (Fsp3) is 0.0625. The van der Waals surface area contributed by atoms with Crippen LogP contribution in [0.15, 0.2) is 63.0 Å². The Morgan fingerprint density at radius 3 is 2.41 bits per heavy atom. The molecule has 6 heteroatoms. The zero-order chi connectivity index (χ0) is 15.7. The molecule has 0 aromatic heterocycles. The minimum atomic E-state index is -2.98. The zero-order valence-electron chi connectivity index (χ0n) is 11.6. The molecule has 3 rings (SSSR count). The van der Waals surface area contributed by atoms with Gasteiger partial charge in [0.15, 0.2) is 0 Å². The average Bonchev–Trinajstić information content (AvgIpc) is 2.83. The van der Waals surface area contributed by atoms with Crippen molar-refractivity contribution in [2.45, 2.75) is 0 Å². The number of hydrogen-bond donors (Lipinski definition) is 0. The second kappa shape index (κ2) is 6.38. The van der Waals surface area contributed by atoms with Gasteiger partial charge >= 0.3 is 149 Å². The number of rotatable bonds is 3. The maximum atomic E-state index is 6.62. The van der Waals surface area contributed by atoms with Crippen LogP contribution in [0.3, 0.4) is 0 Å². The molecule has 1 aliphatic heterocycles. The van der Waals surface area contributed by atoms with Crippen LogP contribution in [0.2, 0.25) is 0 Å². The Balaban J connectivity index is 2.06. The second-order valence-electron chi connectivity index (χ2n) is 4.64. The van der Waals surface area contributed by atoms with Gasteiger partial charge in [-0.2, -0.15) is 0 Å². The van der Waals surface area contributed by atoms with Crippen LogP contribution in [0.25, 0.3) is 5.70 Å². The van der Waals surface area contributed by atoms with Crippen molar-refractivity contribution in [3.05, 3.63) is 69.1 Å². The van der Waals surface area contributed by atoms with E-state index in [1.165, 1.54) is 0 Å². The fourth-order valence-electron chi connectivity index (χ4n) is 2.17. The molecule has 1 heterocycles. The minimum absolute atomic E-state index is 0.731. The van der Waals surface area contributed by atoms with Crippen LogP contribution in [0.1, 0.15) is 11.1 Å². The first-order valence-corrected chi connectivity index (χ1v) is 13.6. The number of hydrogen-bond acceptors (Lipinski definition) is 2. The Morgan fingerprint density at radius 2 is 1.73 bits per heavy atom. The van der Waals surface area contributed by atoms with Crippen LogP contribution in [0.4, 0.5) is 0 Å². The van der Waals surface area contributed by atoms with E-state index in [1.807, 2.05) is 53.5 Å². The molecule has 0 saturated heterocycles. The number of benzene rings is 2. The summed E-state index contributed by atoms with van der Waals surface area (Å²) < 4.78 is 7.16. The summed E-state index contributed by atoms with van der Waals surface area (Å²) in [4.78, 5) is 6.61. The number of ether oxygens (including phenoxy) is 1. The molecule has 0 N–H and O–H groups in total. The predicted molar refractivity (Wildman–Crippen MR) is 99.1 cm³/mol. The molecule has 114 valence electrons.